The summed E-state index contributed by atoms with van der Waals surface area (Å²) in [6.07, 6.45) is 6.47. The Kier molecular flexibility index (Phi) is 8.44. The molecule has 0 aromatic heterocycles. The van der Waals surface area contributed by atoms with Gasteiger partial charge in [0.05, 0.1) is 7.11 Å². The van der Waals surface area contributed by atoms with Crippen LogP contribution in [0, 0.1) is 16.7 Å². The van der Waals surface area contributed by atoms with E-state index in [2.05, 4.69) is 11.1 Å². The molecule has 0 radical (unpaired) electrons. The lowest BCUT2D eigenvalue weighted by atomic mass is 10.1. The normalized spacial score (nSPS) is 17.1. The smallest absolute Gasteiger partial charge is 0.297 e. The molecule has 0 amide bonds. The van der Waals surface area contributed by atoms with Crippen molar-refractivity contribution < 1.29 is 17.3 Å². The molecule has 1 N–H and O–H groups in total. The average molecular weight is 352 g/mol. The van der Waals surface area contributed by atoms with Crippen molar-refractivity contribution >= 4 is 15.8 Å². The van der Waals surface area contributed by atoms with Gasteiger partial charge < -0.3 is 4.74 Å². The largest absolute Gasteiger partial charge is 0.497 e. The predicted octanol–water partition coefficient (Wildman–Crippen LogP) is 3.62. The fourth-order valence-electron chi connectivity index (χ4n) is 2.06. The highest BCUT2D eigenvalue weighted by Gasteiger charge is 2.44. The molecule has 132 valence electrons. The second-order valence-corrected chi connectivity index (χ2v) is 7.14. The van der Waals surface area contributed by atoms with Gasteiger partial charge in [-0.05, 0) is 37.1 Å². The minimum Gasteiger partial charge on any atom is -0.497 e. The number of nitrogens with zero attached hydrogens (tertiary/aromatic N) is 1. The first-order valence-electron chi connectivity index (χ1n) is 7.99. The van der Waals surface area contributed by atoms with Crippen molar-refractivity contribution in [1.82, 2.24) is 0 Å². The molecule has 1 aromatic carbocycles. The van der Waals surface area contributed by atoms with Crippen LogP contribution in [0.5, 0.6) is 5.75 Å². The maximum atomic E-state index is 10.6. The van der Waals surface area contributed by atoms with Gasteiger partial charge in [0.15, 0.2) is 0 Å². The Hall–Kier alpha value is -1.91. The van der Waals surface area contributed by atoms with Gasteiger partial charge in [-0.2, -0.15) is 13.7 Å². The van der Waals surface area contributed by atoms with E-state index in [9.17, 15) is 8.42 Å². The van der Waals surface area contributed by atoms with Gasteiger partial charge in [-0.25, -0.2) is 4.18 Å². The molecule has 1 aromatic rings. The molecule has 1 aliphatic heterocycles. The molecule has 1 aliphatic rings. The van der Waals surface area contributed by atoms with E-state index >= 15 is 0 Å². The summed E-state index contributed by atoms with van der Waals surface area (Å²) in [4.78, 5) is 0. The van der Waals surface area contributed by atoms with Gasteiger partial charge in [-0.15, -0.1) is 0 Å². The van der Waals surface area contributed by atoms with Crippen molar-refractivity contribution in [3.63, 3.8) is 0 Å². The van der Waals surface area contributed by atoms with Crippen LogP contribution < -0.4 is 4.74 Å². The van der Waals surface area contributed by atoms with Crippen LogP contribution in [0.25, 0.3) is 0 Å². The second kappa shape index (κ2) is 10.1. The third-order valence-electron chi connectivity index (χ3n) is 3.56. The summed E-state index contributed by atoms with van der Waals surface area (Å²) in [6, 6.07) is 8.58. The molecule has 7 heteroatoms. The summed E-state index contributed by atoms with van der Waals surface area (Å²) >= 11 is 0. The van der Waals surface area contributed by atoms with E-state index in [-0.39, 0.29) is 5.71 Å². The Morgan fingerprint density at radius 3 is 2.29 bits per heavy atom. The number of benzene rings is 1. The molecule has 1 atom stereocenters. The minimum atomic E-state index is -3.05. The van der Waals surface area contributed by atoms with E-state index in [4.69, 9.17) is 15.4 Å². The van der Waals surface area contributed by atoms with Gasteiger partial charge in [0, 0.05) is 5.56 Å². The van der Waals surface area contributed by atoms with Crippen LogP contribution in [0.3, 0.4) is 0 Å². The zero-order valence-corrected chi connectivity index (χ0v) is 14.9. The number of ether oxygens (including phenoxy) is 1. The quantitative estimate of drug-likeness (QED) is 0.437. The van der Waals surface area contributed by atoms with Crippen molar-refractivity contribution in [2.24, 2.45) is 0 Å². The van der Waals surface area contributed by atoms with Gasteiger partial charge in [-0.3, -0.25) is 5.41 Å². The third-order valence-corrected chi connectivity index (χ3v) is 4.85. The fourth-order valence-corrected chi connectivity index (χ4v) is 3.05. The Bertz CT molecular complexity index is 663. The Morgan fingerprint density at radius 1 is 1.25 bits per heavy atom. The zero-order valence-electron chi connectivity index (χ0n) is 14.1. The van der Waals surface area contributed by atoms with E-state index in [1.54, 1.807) is 37.4 Å². The summed E-state index contributed by atoms with van der Waals surface area (Å²) in [5, 5.41) is 15.6. The molecular formula is C17H24N2O4S. The number of rotatable bonds is 8. The Labute approximate surface area is 144 Å². The third kappa shape index (κ3) is 7.11. The van der Waals surface area contributed by atoms with Gasteiger partial charge in [0.25, 0.3) is 10.1 Å². The molecular weight excluding hydrogens is 328 g/mol. The Morgan fingerprint density at radius 2 is 1.83 bits per heavy atom. The van der Waals surface area contributed by atoms with Crippen LogP contribution in [0.1, 0.15) is 51.0 Å². The lowest BCUT2D eigenvalue weighted by Gasteiger charge is -1.99. The number of nitrogens with one attached hydrogen (secondary N) is 1. The standard InChI is InChI=1S/C9H8N2O.C8H16O3S/c1-12-8-4-2-7(3-5-8)9(11)6-10;1-2-3-4-5-6-7-8-11-12(8,9)10/h2-5,11H,1H3;8H,2-7H2,1H3. The summed E-state index contributed by atoms with van der Waals surface area (Å²) in [7, 11) is -1.48. The summed E-state index contributed by atoms with van der Waals surface area (Å²) < 4.78 is 30.6. The molecule has 24 heavy (non-hydrogen) atoms. The van der Waals surface area contributed by atoms with Crippen molar-refractivity contribution in [1.29, 1.82) is 10.7 Å². The highest BCUT2D eigenvalue weighted by Crippen LogP contribution is 2.29. The number of unbranched alkanes of at least 4 members (excludes halogenated alkanes) is 4. The molecule has 0 saturated carbocycles. The SMILES string of the molecule is CCCCCCCC1OS1(=O)=O.COc1ccc(C(=N)C#N)cc1. The van der Waals surface area contributed by atoms with E-state index < -0.39 is 15.6 Å². The van der Waals surface area contributed by atoms with E-state index in [1.807, 2.05) is 0 Å². The van der Waals surface area contributed by atoms with Crippen LogP contribution in [-0.4, -0.2) is 26.7 Å². The maximum Gasteiger partial charge on any atom is 0.297 e. The number of nitriles is 1. The van der Waals surface area contributed by atoms with Gasteiger partial charge >= 0.3 is 0 Å². The van der Waals surface area contributed by atoms with Crippen molar-refractivity contribution in [3.05, 3.63) is 29.8 Å². The molecule has 0 bridgehead atoms. The van der Waals surface area contributed by atoms with E-state index in [0.29, 0.717) is 12.0 Å². The average Bonchev–Trinajstić information content (AvgIpc) is 3.21. The van der Waals surface area contributed by atoms with Gasteiger partial charge in [0.1, 0.15) is 17.5 Å². The van der Waals surface area contributed by atoms with Gasteiger partial charge in [0.2, 0.25) is 5.44 Å². The minimum absolute atomic E-state index is 0.0300. The van der Waals surface area contributed by atoms with E-state index in [1.165, 1.54) is 19.3 Å². The van der Waals surface area contributed by atoms with Gasteiger partial charge in [-0.1, -0.05) is 32.6 Å². The highest BCUT2D eigenvalue weighted by atomic mass is 32.2. The molecule has 2 rings (SSSR count). The zero-order chi connectivity index (χ0) is 18.0. The molecule has 1 fully saturated rings. The summed E-state index contributed by atoms with van der Waals surface area (Å²) in [6.45, 7) is 2.16. The second-order valence-electron chi connectivity index (χ2n) is 5.44. The van der Waals surface area contributed by atoms with Crippen molar-refractivity contribution in [2.75, 3.05) is 7.11 Å². The van der Waals surface area contributed by atoms with E-state index in [0.717, 1.165) is 18.6 Å². The molecule has 1 unspecified atom stereocenters. The molecule has 1 heterocycles. The lowest BCUT2D eigenvalue weighted by molar-refractivity contribution is 0.414. The number of methoxy groups -OCH3 is 1. The predicted molar refractivity (Wildman–Crippen MR) is 92.6 cm³/mol. The van der Waals surface area contributed by atoms with Crippen LogP contribution in [0.4, 0.5) is 0 Å². The molecule has 1 saturated heterocycles. The fraction of sp³-hybridized carbons (Fsp3) is 0.529. The molecule has 0 spiro atoms. The monoisotopic (exact) mass is 352 g/mol. The number of hydrogen-bond donors (Lipinski definition) is 1. The van der Waals surface area contributed by atoms with Crippen LogP contribution >= 0.6 is 0 Å². The number of hydrogen-bond acceptors (Lipinski definition) is 6. The Balaban J connectivity index is 0.000000240. The first-order valence-corrected chi connectivity index (χ1v) is 9.47. The summed E-state index contributed by atoms with van der Waals surface area (Å²) in [5.41, 5.74) is 0.120. The van der Waals surface area contributed by atoms with Crippen LogP contribution in [0.2, 0.25) is 0 Å². The van der Waals surface area contributed by atoms with Crippen molar-refractivity contribution in [2.45, 2.75) is 50.9 Å². The first-order chi connectivity index (χ1) is 11.4. The van der Waals surface area contributed by atoms with Crippen LogP contribution in [0.15, 0.2) is 24.3 Å². The molecule has 6 nitrogen and oxygen atoms in total. The molecule has 0 aliphatic carbocycles. The highest BCUT2D eigenvalue weighted by molar-refractivity contribution is 7.92. The maximum absolute atomic E-state index is 10.6. The summed E-state index contributed by atoms with van der Waals surface area (Å²) in [5.74, 6) is 0.726. The first kappa shape index (κ1) is 20.1. The van der Waals surface area contributed by atoms with Crippen molar-refractivity contribution in [3.8, 4) is 11.8 Å². The topological polar surface area (TPSA) is 104 Å². The lowest BCUT2D eigenvalue weighted by Crippen LogP contribution is -1.93. The van der Waals surface area contributed by atoms with Crippen LogP contribution in [-0.2, 0) is 14.3 Å².